The van der Waals surface area contributed by atoms with Crippen molar-refractivity contribution in [1.82, 2.24) is 4.90 Å². The zero-order valence-corrected chi connectivity index (χ0v) is 13.6. The number of hydrogen-bond donors (Lipinski definition) is 1. The Labute approximate surface area is 127 Å². The Balaban J connectivity index is 2.99. The molecule has 0 fully saturated rings. The van der Waals surface area contributed by atoms with E-state index in [1.807, 2.05) is 6.07 Å². The maximum atomic E-state index is 11.2. The average Bonchev–Trinajstić information content (AvgIpc) is 2.45. The van der Waals surface area contributed by atoms with E-state index in [0.29, 0.717) is 11.7 Å². The number of rotatable bonds is 9. The Kier molecular flexibility index (Phi) is 7.15. The first kappa shape index (κ1) is 17.4. The first-order chi connectivity index (χ1) is 10.0. The summed E-state index contributed by atoms with van der Waals surface area (Å²) in [5.74, 6) is 0. The van der Waals surface area contributed by atoms with Crippen molar-refractivity contribution in [2.45, 2.75) is 52.6 Å². The van der Waals surface area contributed by atoms with Gasteiger partial charge in [0.25, 0.3) is 5.69 Å². The zero-order chi connectivity index (χ0) is 15.8. The molecule has 0 bridgehead atoms. The molecule has 0 amide bonds. The second-order valence-electron chi connectivity index (χ2n) is 5.55. The van der Waals surface area contributed by atoms with E-state index in [0.717, 1.165) is 37.9 Å². The molecule has 1 N–H and O–H groups in total. The predicted octanol–water partition coefficient (Wildman–Crippen LogP) is 4.04. The molecule has 5 heteroatoms. The molecule has 1 aromatic carbocycles. The summed E-state index contributed by atoms with van der Waals surface area (Å²) in [6.45, 7) is 7.88. The largest absolute Gasteiger partial charge is 0.379 e. The molecule has 5 nitrogen and oxygen atoms in total. The molecule has 0 aliphatic heterocycles. The summed E-state index contributed by atoms with van der Waals surface area (Å²) in [5, 5.41) is 14.4. The summed E-state index contributed by atoms with van der Waals surface area (Å²) in [5.41, 5.74) is 1.82. The van der Waals surface area contributed by atoms with Gasteiger partial charge in [-0.15, -0.1) is 0 Å². The van der Waals surface area contributed by atoms with Gasteiger partial charge in [0, 0.05) is 25.2 Å². The summed E-state index contributed by atoms with van der Waals surface area (Å²) >= 11 is 0. The molecule has 0 aliphatic carbocycles. The zero-order valence-electron chi connectivity index (χ0n) is 13.6. The van der Waals surface area contributed by atoms with Crippen molar-refractivity contribution in [3.8, 4) is 0 Å². The summed E-state index contributed by atoms with van der Waals surface area (Å²) < 4.78 is 0. The molecule has 1 unspecified atom stereocenters. The van der Waals surface area contributed by atoms with E-state index < -0.39 is 0 Å². The predicted molar refractivity (Wildman–Crippen MR) is 87.7 cm³/mol. The first-order valence-electron chi connectivity index (χ1n) is 7.71. The van der Waals surface area contributed by atoms with E-state index in [9.17, 15) is 10.1 Å². The van der Waals surface area contributed by atoms with Gasteiger partial charge in [-0.3, -0.25) is 15.0 Å². The Morgan fingerprint density at radius 2 is 2.05 bits per heavy atom. The highest BCUT2D eigenvalue weighted by molar-refractivity contribution is 5.66. The maximum Gasteiger partial charge on any atom is 0.292 e. The van der Waals surface area contributed by atoms with Crippen molar-refractivity contribution in [3.05, 3.63) is 33.9 Å². The number of anilines is 1. The lowest BCUT2D eigenvalue weighted by atomic mass is 10.1. The molecular weight excluding hydrogens is 266 g/mol. The molecule has 21 heavy (non-hydrogen) atoms. The first-order valence-corrected chi connectivity index (χ1v) is 7.71. The van der Waals surface area contributed by atoms with Crippen LogP contribution in [0, 0.1) is 10.1 Å². The number of nitro groups is 1. The monoisotopic (exact) mass is 293 g/mol. The quantitative estimate of drug-likeness (QED) is 0.551. The van der Waals surface area contributed by atoms with E-state index in [1.165, 1.54) is 0 Å². The molecule has 0 aromatic heterocycles. The molecule has 0 saturated heterocycles. The van der Waals surface area contributed by atoms with Crippen molar-refractivity contribution in [2.75, 3.05) is 18.9 Å². The van der Waals surface area contributed by atoms with Gasteiger partial charge < -0.3 is 5.32 Å². The molecule has 0 saturated carbocycles. The minimum atomic E-state index is -0.309. The van der Waals surface area contributed by atoms with Gasteiger partial charge in [0.05, 0.1) is 4.92 Å². The molecule has 0 radical (unpaired) electrons. The van der Waals surface area contributed by atoms with Crippen molar-refractivity contribution in [3.63, 3.8) is 0 Å². The van der Waals surface area contributed by atoms with Crippen LogP contribution in [0.4, 0.5) is 11.4 Å². The minimum absolute atomic E-state index is 0.164. The third kappa shape index (κ3) is 5.01. The minimum Gasteiger partial charge on any atom is -0.379 e. The lowest BCUT2D eigenvalue weighted by Gasteiger charge is -2.25. The van der Waals surface area contributed by atoms with Gasteiger partial charge in [0.1, 0.15) is 5.69 Å². The summed E-state index contributed by atoms with van der Waals surface area (Å²) in [4.78, 5) is 13.2. The number of nitrogens with zero attached hydrogens (tertiary/aromatic N) is 2. The SMILES string of the molecule is CCCNc1c(CN(C)C(C)CCC)cccc1[N+](=O)[O-]. The van der Waals surface area contributed by atoms with Crippen molar-refractivity contribution in [2.24, 2.45) is 0 Å². The second kappa shape index (κ2) is 8.62. The molecule has 0 aliphatic rings. The smallest absolute Gasteiger partial charge is 0.292 e. The average molecular weight is 293 g/mol. The van der Waals surface area contributed by atoms with Gasteiger partial charge in [-0.25, -0.2) is 0 Å². The fourth-order valence-electron chi connectivity index (χ4n) is 2.39. The third-order valence-electron chi connectivity index (χ3n) is 3.76. The highest BCUT2D eigenvalue weighted by Gasteiger charge is 2.19. The molecule has 1 rings (SSSR count). The number of para-hydroxylation sites is 1. The van der Waals surface area contributed by atoms with Gasteiger partial charge in [-0.2, -0.15) is 0 Å². The van der Waals surface area contributed by atoms with E-state index in [2.05, 4.69) is 38.0 Å². The molecular formula is C16H27N3O2. The summed E-state index contributed by atoms with van der Waals surface area (Å²) in [6.07, 6.45) is 3.21. The van der Waals surface area contributed by atoms with Crippen LogP contribution in [0.1, 0.15) is 45.6 Å². The Bertz CT molecular complexity index is 463. The van der Waals surface area contributed by atoms with Crippen LogP contribution in [0.5, 0.6) is 0 Å². The van der Waals surface area contributed by atoms with Crippen LogP contribution in [0.2, 0.25) is 0 Å². The number of benzene rings is 1. The number of hydrogen-bond acceptors (Lipinski definition) is 4. The van der Waals surface area contributed by atoms with Crippen molar-refractivity contribution < 1.29 is 4.92 Å². The van der Waals surface area contributed by atoms with Crippen LogP contribution < -0.4 is 5.32 Å². The van der Waals surface area contributed by atoms with Crippen LogP contribution >= 0.6 is 0 Å². The fourth-order valence-corrected chi connectivity index (χ4v) is 2.39. The molecule has 1 atom stereocenters. The lowest BCUT2D eigenvalue weighted by Crippen LogP contribution is -2.28. The van der Waals surface area contributed by atoms with E-state index in [4.69, 9.17) is 0 Å². The van der Waals surface area contributed by atoms with Gasteiger partial charge in [-0.05, 0) is 32.4 Å². The van der Waals surface area contributed by atoms with Gasteiger partial charge in [0.15, 0.2) is 0 Å². The van der Waals surface area contributed by atoms with E-state index in [-0.39, 0.29) is 10.6 Å². The number of nitro benzene ring substituents is 1. The topological polar surface area (TPSA) is 58.4 Å². The van der Waals surface area contributed by atoms with E-state index >= 15 is 0 Å². The van der Waals surface area contributed by atoms with Gasteiger partial charge in [0.2, 0.25) is 0 Å². The van der Waals surface area contributed by atoms with Crippen LogP contribution in [0.15, 0.2) is 18.2 Å². The van der Waals surface area contributed by atoms with Gasteiger partial charge in [-0.1, -0.05) is 32.4 Å². The highest BCUT2D eigenvalue weighted by atomic mass is 16.6. The molecule has 118 valence electrons. The Morgan fingerprint density at radius 1 is 1.33 bits per heavy atom. The maximum absolute atomic E-state index is 11.2. The molecule has 0 heterocycles. The van der Waals surface area contributed by atoms with Gasteiger partial charge >= 0.3 is 0 Å². The highest BCUT2D eigenvalue weighted by Crippen LogP contribution is 2.29. The second-order valence-corrected chi connectivity index (χ2v) is 5.55. The van der Waals surface area contributed by atoms with Crippen LogP contribution in [0.25, 0.3) is 0 Å². The Hall–Kier alpha value is -1.62. The standard InChI is InChI=1S/C16H27N3O2/c1-5-8-13(3)18(4)12-14-9-7-10-15(19(20)21)16(14)17-11-6-2/h7,9-10,13,17H,5-6,8,11-12H2,1-4H3. The molecule has 0 spiro atoms. The summed E-state index contributed by atoms with van der Waals surface area (Å²) in [6, 6.07) is 5.77. The third-order valence-corrected chi connectivity index (χ3v) is 3.76. The van der Waals surface area contributed by atoms with E-state index in [1.54, 1.807) is 12.1 Å². The lowest BCUT2D eigenvalue weighted by molar-refractivity contribution is -0.384. The van der Waals surface area contributed by atoms with Crippen LogP contribution in [-0.4, -0.2) is 29.5 Å². The van der Waals surface area contributed by atoms with Crippen molar-refractivity contribution >= 4 is 11.4 Å². The van der Waals surface area contributed by atoms with Crippen LogP contribution in [-0.2, 0) is 6.54 Å². The normalized spacial score (nSPS) is 12.4. The number of nitrogens with one attached hydrogen (secondary N) is 1. The van der Waals surface area contributed by atoms with Crippen LogP contribution in [0.3, 0.4) is 0 Å². The Morgan fingerprint density at radius 3 is 2.62 bits per heavy atom. The molecule has 1 aromatic rings. The summed E-state index contributed by atoms with van der Waals surface area (Å²) in [7, 11) is 2.07. The van der Waals surface area contributed by atoms with Crippen molar-refractivity contribution in [1.29, 1.82) is 0 Å². The fraction of sp³-hybridized carbons (Fsp3) is 0.625.